The number of benzene rings is 1. The summed E-state index contributed by atoms with van der Waals surface area (Å²) >= 11 is 0. The first-order valence-electron chi connectivity index (χ1n) is 13.1. The van der Waals surface area contributed by atoms with Gasteiger partial charge in [0.1, 0.15) is 12.2 Å². The molecule has 7 heteroatoms. The molecule has 0 unspecified atom stereocenters. The van der Waals surface area contributed by atoms with E-state index >= 15 is 0 Å². The standard InChI is InChI=1S/C30H37N3O4/c1-21-16-25(14-15-31-21)26-17-27(34)33(32-29(26)24-8-6-5-7-9-24)18-22-10-12-23(13-11-22)19-36-20-28(35)37-30(2,3)4/h5-9,14-17,22-23H,10-13,18-20H2,1-4H3. The van der Waals surface area contributed by atoms with Crippen molar-refractivity contribution in [1.82, 2.24) is 14.8 Å². The lowest BCUT2D eigenvalue weighted by Crippen LogP contribution is -2.30. The van der Waals surface area contributed by atoms with Gasteiger partial charge >= 0.3 is 5.97 Å². The molecular formula is C30H37N3O4. The SMILES string of the molecule is Cc1cc(-c2cc(=O)n(CC3CCC(COCC(=O)OC(C)(C)C)CC3)nc2-c2ccccc2)ccn1. The second kappa shape index (κ2) is 11.8. The van der Waals surface area contributed by atoms with Gasteiger partial charge in [0.2, 0.25) is 0 Å². The van der Waals surface area contributed by atoms with Crippen LogP contribution in [0.15, 0.2) is 59.5 Å². The van der Waals surface area contributed by atoms with E-state index in [-0.39, 0.29) is 18.1 Å². The number of rotatable bonds is 8. The average molecular weight is 504 g/mol. The Kier molecular flexibility index (Phi) is 8.54. The van der Waals surface area contributed by atoms with Gasteiger partial charge < -0.3 is 9.47 Å². The van der Waals surface area contributed by atoms with E-state index in [1.807, 2.05) is 70.2 Å². The Morgan fingerprint density at radius 1 is 1.00 bits per heavy atom. The fourth-order valence-electron chi connectivity index (χ4n) is 4.87. The minimum Gasteiger partial charge on any atom is -0.458 e. The van der Waals surface area contributed by atoms with Crippen LogP contribution in [0.5, 0.6) is 0 Å². The van der Waals surface area contributed by atoms with E-state index in [1.165, 1.54) is 0 Å². The molecule has 7 nitrogen and oxygen atoms in total. The maximum Gasteiger partial charge on any atom is 0.332 e. The summed E-state index contributed by atoms with van der Waals surface area (Å²) in [6.45, 7) is 8.64. The Morgan fingerprint density at radius 2 is 1.70 bits per heavy atom. The molecule has 0 N–H and O–H groups in total. The number of carbonyl (C=O) groups is 1. The van der Waals surface area contributed by atoms with Crippen molar-refractivity contribution in [2.45, 2.75) is 65.5 Å². The Morgan fingerprint density at radius 3 is 2.38 bits per heavy atom. The van der Waals surface area contributed by atoms with Crippen LogP contribution in [0, 0.1) is 18.8 Å². The molecule has 0 spiro atoms. The molecule has 196 valence electrons. The minimum atomic E-state index is -0.500. The zero-order chi connectivity index (χ0) is 26.4. The van der Waals surface area contributed by atoms with Crippen molar-refractivity contribution in [1.29, 1.82) is 0 Å². The van der Waals surface area contributed by atoms with E-state index in [1.54, 1.807) is 16.9 Å². The van der Waals surface area contributed by atoms with E-state index in [4.69, 9.17) is 14.6 Å². The summed E-state index contributed by atoms with van der Waals surface area (Å²) in [6, 6.07) is 15.6. The molecule has 2 aromatic heterocycles. The summed E-state index contributed by atoms with van der Waals surface area (Å²) in [4.78, 5) is 29.3. The zero-order valence-electron chi connectivity index (χ0n) is 22.3. The summed E-state index contributed by atoms with van der Waals surface area (Å²) in [5.74, 6) is 0.469. The first-order valence-corrected chi connectivity index (χ1v) is 13.1. The molecule has 4 rings (SSSR count). The molecule has 1 aliphatic carbocycles. The van der Waals surface area contributed by atoms with Gasteiger partial charge in [-0.15, -0.1) is 0 Å². The smallest absolute Gasteiger partial charge is 0.332 e. The van der Waals surface area contributed by atoms with E-state index < -0.39 is 5.60 Å². The zero-order valence-corrected chi connectivity index (χ0v) is 22.3. The van der Waals surface area contributed by atoms with Crippen LogP contribution in [0.1, 0.15) is 52.1 Å². The number of ether oxygens (including phenoxy) is 2. The Labute approximate surface area is 218 Å². The van der Waals surface area contributed by atoms with Crippen LogP contribution >= 0.6 is 0 Å². The highest BCUT2D eigenvalue weighted by Crippen LogP contribution is 2.32. The second-order valence-electron chi connectivity index (χ2n) is 11.0. The van der Waals surface area contributed by atoms with Crippen LogP contribution in [0.25, 0.3) is 22.4 Å². The van der Waals surface area contributed by atoms with Gasteiger partial charge in [-0.05, 0) is 82.9 Å². The number of pyridine rings is 1. The van der Waals surface area contributed by atoms with E-state index in [2.05, 4.69) is 4.98 Å². The van der Waals surface area contributed by atoms with Gasteiger partial charge in [0.25, 0.3) is 5.56 Å². The number of hydrogen-bond acceptors (Lipinski definition) is 6. The van der Waals surface area contributed by atoms with Crippen LogP contribution in [0.4, 0.5) is 0 Å². The summed E-state index contributed by atoms with van der Waals surface area (Å²) < 4.78 is 12.6. The number of esters is 1. The summed E-state index contributed by atoms with van der Waals surface area (Å²) in [6.07, 6.45) is 5.78. The van der Waals surface area contributed by atoms with E-state index in [0.29, 0.717) is 25.0 Å². The summed E-state index contributed by atoms with van der Waals surface area (Å²) in [5, 5.41) is 4.87. The molecule has 0 bridgehead atoms. The number of nitrogens with zero attached hydrogens (tertiary/aromatic N) is 3. The number of aromatic nitrogens is 3. The molecule has 0 radical (unpaired) electrons. The van der Waals surface area contributed by atoms with Crippen molar-refractivity contribution < 1.29 is 14.3 Å². The predicted molar refractivity (Wildman–Crippen MR) is 144 cm³/mol. The highest BCUT2D eigenvalue weighted by Gasteiger charge is 2.24. The number of carbonyl (C=O) groups excluding carboxylic acids is 1. The lowest BCUT2D eigenvalue weighted by Gasteiger charge is -2.28. The Balaban J connectivity index is 1.41. The average Bonchev–Trinajstić information content (AvgIpc) is 2.85. The lowest BCUT2D eigenvalue weighted by molar-refractivity contribution is -0.160. The van der Waals surface area contributed by atoms with Crippen molar-refractivity contribution in [3.05, 3.63) is 70.8 Å². The molecule has 0 amide bonds. The normalized spacial score (nSPS) is 17.9. The van der Waals surface area contributed by atoms with E-state index in [0.717, 1.165) is 53.8 Å². The number of hydrogen-bond donors (Lipinski definition) is 0. The third-order valence-electron chi connectivity index (χ3n) is 6.64. The Hall–Kier alpha value is -3.32. The molecule has 37 heavy (non-hydrogen) atoms. The minimum absolute atomic E-state index is 0.0118. The molecule has 0 aliphatic heterocycles. The van der Waals surface area contributed by atoms with Crippen molar-refractivity contribution in [3.8, 4) is 22.4 Å². The van der Waals surface area contributed by atoms with Gasteiger partial charge in [-0.3, -0.25) is 9.78 Å². The maximum atomic E-state index is 13.1. The van der Waals surface area contributed by atoms with Crippen LogP contribution in [-0.2, 0) is 20.8 Å². The van der Waals surface area contributed by atoms with Crippen LogP contribution in [0.2, 0.25) is 0 Å². The van der Waals surface area contributed by atoms with Crippen LogP contribution < -0.4 is 5.56 Å². The molecule has 2 heterocycles. The van der Waals surface area contributed by atoms with Crippen molar-refractivity contribution in [2.75, 3.05) is 13.2 Å². The van der Waals surface area contributed by atoms with Crippen molar-refractivity contribution >= 4 is 5.97 Å². The molecule has 1 aromatic carbocycles. The Bertz CT molecular complexity index is 1260. The first kappa shape index (κ1) is 26.7. The monoisotopic (exact) mass is 503 g/mol. The summed E-state index contributed by atoms with van der Waals surface area (Å²) in [5.41, 5.74) is 3.85. The first-order chi connectivity index (χ1) is 17.7. The fourth-order valence-corrected chi connectivity index (χ4v) is 4.87. The second-order valence-corrected chi connectivity index (χ2v) is 11.0. The summed E-state index contributed by atoms with van der Waals surface area (Å²) in [7, 11) is 0. The fraction of sp³-hybridized carbons (Fsp3) is 0.467. The van der Waals surface area contributed by atoms with Gasteiger partial charge in [-0.1, -0.05) is 30.3 Å². The third kappa shape index (κ3) is 7.59. The van der Waals surface area contributed by atoms with Crippen LogP contribution in [-0.4, -0.2) is 39.5 Å². The third-order valence-corrected chi connectivity index (χ3v) is 6.64. The molecule has 1 aliphatic rings. The number of aryl methyl sites for hydroxylation is 1. The van der Waals surface area contributed by atoms with Crippen molar-refractivity contribution in [3.63, 3.8) is 0 Å². The highest BCUT2D eigenvalue weighted by atomic mass is 16.6. The molecule has 0 saturated heterocycles. The van der Waals surface area contributed by atoms with Crippen LogP contribution in [0.3, 0.4) is 0 Å². The maximum absolute atomic E-state index is 13.1. The highest BCUT2D eigenvalue weighted by molar-refractivity contribution is 5.80. The molecule has 3 aromatic rings. The van der Waals surface area contributed by atoms with Gasteiger partial charge in [0.15, 0.2) is 0 Å². The molecule has 0 atom stereocenters. The van der Waals surface area contributed by atoms with Crippen molar-refractivity contribution in [2.24, 2.45) is 11.8 Å². The molecular weight excluding hydrogens is 466 g/mol. The molecule has 1 saturated carbocycles. The largest absolute Gasteiger partial charge is 0.458 e. The quantitative estimate of drug-likeness (QED) is 0.380. The van der Waals surface area contributed by atoms with E-state index in [9.17, 15) is 9.59 Å². The topological polar surface area (TPSA) is 83.3 Å². The van der Waals surface area contributed by atoms with Gasteiger partial charge in [-0.25, -0.2) is 9.48 Å². The lowest BCUT2D eigenvalue weighted by atomic mass is 9.82. The van der Waals surface area contributed by atoms with Gasteiger partial charge in [0, 0.05) is 35.6 Å². The molecule has 1 fully saturated rings. The predicted octanol–water partition coefficient (Wildman–Crippen LogP) is 5.45. The van der Waals surface area contributed by atoms with Gasteiger partial charge in [0.05, 0.1) is 12.3 Å². The van der Waals surface area contributed by atoms with Gasteiger partial charge in [-0.2, -0.15) is 5.10 Å².